The Hall–Kier alpha value is -1.28. The van der Waals surface area contributed by atoms with Crippen molar-refractivity contribution in [2.75, 3.05) is 6.54 Å². The summed E-state index contributed by atoms with van der Waals surface area (Å²) in [6.45, 7) is 5.14. The van der Waals surface area contributed by atoms with Crippen molar-refractivity contribution in [2.24, 2.45) is 5.92 Å². The molecule has 0 amide bonds. The van der Waals surface area contributed by atoms with Gasteiger partial charge in [0.05, 0.1) is 0 Å². The van der Waals surface area contributed by atoms with E-state index in [0.717, 1.165) is 23.6 Å². The van der Waals surface area contributed by atoms with Crippen LogP contribution in [0.5, 0.6) is 5.75 Å². The highest BCUT2D eigenvalue weighted by Crippen LogP contribution is 2.25. The zero-order valence-electron chi connectivity index (χ0n) is 11.3. The van der Waals surface area contributed by atoms with Crippen molar-refractivity contribution in [1.29, 1.82) is 0 Å². The van der Waals surface area contributed by atoms with Crippen molar-refractivity contribution >= 4 is 0 Å². The average Bonchev–Trinajstić information content (AvgIpc) is 2.37. The second-order valence-electron chi connectivity index (χ2n) is 5.34. The highest BCUT2D eigenvalue weighted by Gasteiger charge is 2.14. The summed E-state index contributed by atoms with van der Waals surface area (Å²) in [7, 11) is 0. The fourth-order valence-corrected chi connectivity index (χ4v) is 2.51. The largest absolute Gasteiger partial charge is 0.508 e. The highest BCUT2D eigenvalue weighted by atomic mass is 16.3. The Bertz CT molecular complexity index is 425. The lowest BCUT2D eigenvalue weighted by molar-refractivity contribution is 0.404. The summed E-state index contributed by atoms with van der Waals surface area (Å²) < 4.78 is 0. The van der Waals surface area contributed by atoms with Gasteiger partial charge < -0.3 is 10.4 Å². The number of benzene rings is 1. The first-order valence-electron chi connectivity index (χ1n) is 6.84. The van der Waals surface area contributed by atoms with Crippen molar-refractivity contribution in [2.45, 2.75) is 39.2 Å². The predicted molar refractivity (Wildman–Crippen MR) is 75.7 cm³/mol. The molecule has 1 aliphatic rings. The van der Waals surface area contributed by atoms with E-state index in [1.54, 1.807) is 0 Å². The SMILES string of the molecule is Cc1ccc(C(C)NCC2CC=CCC2)c(O)c1. The maximum atomic E-state index is 9.95. The summed E-state index contributed by atoms with van der Waals surface area (Å²) in [5, 5.41) is 13.5. The van der Waals surface area contributed by atoms with E-state index in [9.17, 15) is 5.11 Å². The summed E-state index contributed by atoms with van der Waals surface area (Å²) in [6.07, 6.45) is 8.21. The van der Waals surface area contributed by atoms with E-state index in [4.69, 9.17) is 0 Å². The summed E-state index contributed by atoms with van der Waals surface area (Å²) in [6, 6.07) is 6.10. The average molecular weight is 245 g/mol. The lowest BCUT2D eigenvalue weighted by Crippen LogP contribution is -2.26. The highest BCUT2D eigenvalue weighted by molar-refractivity contribution is 5.37. The number of allylic oxidation sites excluding steroid dienone is 2. The molecular weight excluding hydrogens is 222 g/mol. The molecule has 0 radical (unpaired) electrons. The zero-order chi connectivity index (χ0) is 13.0. The Kier molecular flexibility index (Phi) is 4.43. The van der Waals surface area contributed by atoms with Gasteiger partial charge in [-0.2, -0.15) is 0 Å². The van der Waals surface area contributed by atoms with Gasteiger partial charge in [0.15, 0.2) is 0 Å². The van der Waals surface area contributed by atoms with Gasteiger partial charge in [0.2, 0.25) is 0 Å². The van der Waals surface area contributed by atoms with Crippen LogP contribution in [0.4, 0.5) is 0 Å². The lowest BCUT2D eigenvalue weighted by atomic mass is 9.94. The van der Waals surface area contributed by atoms with Gasteiger partial charge in [0.1, 0.15) is 5.75 Å². The summed E-state index contributed by atoms with van der Waals surface area (Å²) in [5.74, 6) is 1.14. The van der Waals surface area contributed by atoms with Crippen molar-refractivity contribution in [3.63, 3.8) is 0 Å². The van der Waals surface area contributed by atoms with Crippen molar-refractivity contribution in [3.05, 3.63) is 41.5 Å². The van der Waals surface area contributed by atoms with Crippen LogP contribution in [0, 0.1) is 12.8 Å². The van der Waals surface area contributed by atoms with Crippen molar-refractivity contribution in [3.8, 4) is 5.75 Å². The van der Waals surface area contributed by atoms with Crippen LogP contribution in [0.25, 0.3) is 0 Å². The first-order chi connectivity index (χ1) is 8.66. The Morgan fingerprint density at radius 1 is 1.39 bits per heavy atom. The summed E-state index contributed by atoms with van der Waals surface area (Å²) in [4.78, 5) is 0. The van der Waals surface area contributed by atoms with Crippen LogP contribution in [0.15, 0.2) is 30.4 Å². The third-order valence-electron chi connectivity index (χ3n) is 3.74. The molecule has 98 valence electrons. The number of aromatic hydroxyl groups is 1. The van der Waals surface area contributed by atoms with E-state index in [1.807, 2.05) is 19.1 Å². The molecule has 0 bridgehead atoms. The molecule has 1 aliphatic carbocycles. The van der Waals surface area contributed by atoms with Crippen LogP contribution in [0.1, 0.15) is 43.4 Å². The van der Waals surface area contributed by atoms with Gasteiger partial charge in [-0.05, 0) is 57.2 Å². The molecule has 0 heterocycles. The second kappa shape index (κ2) is 6.05. The van der Waals surface area contributed by atoms with Gasteiger partial charge in [-0.3, -0.25) is 0 Å². The molecule has 2 N–H and O–H groups in total. The Balaban J connectivity index is 1.90. The molecule has 2 heteroatoms. The molecule has 0 aliphatic heterocycles. The van der Waals surface area contributed by atoms with Crippen LogP contribution in [-0.2, 0) is 0 Å². The second-order valence-corrected chi connectivity index (χ2v) is 5.34. The van der Waals surface area contributed by atoms with Gasteiger partial charge in [-0.15, -0.1) is 0 Å². The number of hydrogen-bond acceptors (Lipinski definition) is 2. The van der Waals surface area contributed by atoms with E-state index in [1.165, 1.54) is 19.3 Å². The molecule has 0 spiro atoms. The minimum absolute atomic E-state index is 0.205. The molecule has 1 aromatic rings. The Labute approximate surface area is 110 Å². The molecule has 2 unspecified atom stereocenters. The normalized spacial score (nSPS) is 20.9. The number of aryl methyl sites for hydroxylation is 1. The number of rotatable bonds is 4. The quantitative estimate of drug-likeness (QED) is 0.793. The van der Waals surface area contributed by atoms with Crippen LogP contribution in [0.3, 0.4) is 0 Å². The van der Waals surface area contributed by atoms with E-state index in [-0.39, 0.29) is 6.04 Å². The number of hydrogen-bond donors (Lipinski definition) is 2. The van der Waals surface area contributed by atoms with Gasteiger partial charge in [-0.25, -0.2) is 0 Å². The number of phenolic OH excluding ortho intramolecular Hbond substituents is 1. The standard InChI is InChI=1S/C16H23NO/c1-12-8-9-15(16(18)10-12)13(2)17-11-14-6-4-3-5-7-14/h3-4,8-10,13-14,17-18H,5-7,11H2,1-2H3. The molecule has 0 saturated heterocycles. The first-order valence-corrected chi connectivity index (χ1v) is 6.84. The smallest absolute Gasteiger partial charge is 0.120 e. The molecule has 1 aromatic carbocycles. The van der Waals surface area contributed by atoms with Crippen molar-refractivity contribution < 1.29 is 5.11 Å². The molecule has 2 nitrogen and oxygen atoms in total. The van der Waals surface area contributed by atoms with Gasteiger partial charge >= 0.3 is 0 Å². The monoisotopic (exact) mass is 245 g/mol. The van der Waals surface area contributed by atoms with Crippen molar-refractivity contribution in [1.82, 2.24) is 5.32 Å². The maximum absolute atomic E-state index is 9.95. The van der Waals surface area contributed by atoms with E-state index < -0.39 is 0 Å². The van der Waals surface area contributed by atoms with Crippen LogP contribution in [-0.4, -0.2) is 11.7 Å². The third kappa shape index (κ3) is 3.36. The molecule has 0 fully saturated rings. The molecule has 0 saturated carbocycles. The van der Waals surface area contributed by atoms with Crippen LogP contribution < -0.4 is 5.32 Å². The first kappa shape index (κ1) is 13.2. The van der Waals surface area contributed by atoms with Gasteiger partial charge in [-0.1, -0.05) is 24.3 Å². The topological polar surface area (TPSA) is 32.3 Å². The summed E-state index contributed by atoms with van der Waals surface area (Å²) in [5.41, 5.74) is 2.09. The van der Waals surface area contributed by atoms with Gasteiger partial charge in [0, 0.05) is 11.6 Å². The maximum Gasteiger partial charge on any atom is 0.120 e. The van der Waals surface area contributed by atoms with Crippen LogP contribution >= 0.6 is 0 Å². The molecule has 2 rings (SSSR count). The zero-order valence-corrected chi connectivity index (χ0v) is 11.3. The fraction of sp³-hybridized carbons (Fsp3) is 0.500. The molecular formula is C16H23NO. The minimum Gasteiger partial charge on any atom is -0.508 e. The Morgan fingerprint density at radius 3 is 2.89 bits per heavy atom. The van der Waals surface area contributed by atoms with E-state index in [2.05, 4.69) is 30.5 Å². The van der Waals surface area contributed by atoms with Gasteiger partial charge in [0.25, 0.3) is 0 Å². The van der Waals surface area contributed by atoms with Crippen LogP contribution in [0.2, 0.25) is 0 Å². The van der Waals surface area contributed by atoms with E-state index in [0.29, 0.717) is 5.75 Å². The lowest BCUT2D eigenvalue weighted by Gasteiger charge is -2.22. The van der Waals surface area contributed by atoms with E-state index >= 15 is 0 Å². The number of phenols is 1. The predicted octanol–water partition coefficient (Wildman–Crippen LogP) is 3.71. The Morgan fingerprint density at radius 2 is 2.22 bits per heavy atom. The molecule has 2 atom stereocenters. The molecule has 18 heavy (non-hydrogen) atoms. The number of nitrogens with one attached hydrogen (secondary N) is 1. The summed E-state index contributed by atoms with van der Waals surface area (Å²) >= 11 is 0. The third-order valence-corrected chi connectivity index (χ3v) is 3.74. The minimum atomic E-state index is 0.205. The fourth-order valence-electron chi connectivity index (χ4n) is 2.51. The molecule has 0 aromatic heterocycles.